The lowest BCUT2D eigenvalue weighted by molar-refractivity contribution is 0.0938. The lowest BCUT2D eigenvalue weighted by atomic mass is 10.1. The fraction of sp³-hybridized carbons (Fsp3) is 0.250. The maximum absolute atomic E-state index is 12.5. The minimum absolute atomic E-state index is 0.177. The Kier molecular flexibility index (Phi) is 5.59. The van der Waals surface area contributed by atoms with Crippen molar-refractivity contribution in [1.82, 2.24) is 10.3 Å². The lowest BCUT2D eigenvalue weighted by Crippen LogP contribution is -2.27. The number of halogens is 1. The molecule has 0 bridgehead atoms. The van der Waals surface area contributed by atoms with Gasteiger partial charge in [-0.25, -0.2) is 0 Å². The summed E-state index contributed by atoms with van der Waals surface area (Å²) in [6.07, 6.45) is 1.71. The van der Waals surface area contributed by atoms with Gasteiger partial charge in [0, 0.05) is 9.77 Å². The lowest BCUT2D eigenvalue weighted by Gasteiger charge is -2.15. The van der Waals surface area contributed by atoms with Crippen LogP contribution in [0, 0.1) is 3.57 Å². The summed E-state index contributed by atoms with van der Waals surface area (Å²) in [6.45, 7) is 1.90. The highest BCUT2D eigenvalue weighted by molar-refractivity contribution is 14.1. The van der Waals surface area contributed by atoms with Crippen molar-refractivity contribution in [2.24, 2.45) is 0 Å². The fourth-order valence-electron chi connectivity index (χ4n) is 2.01. The van der Waals surface area contributed by atoms with E-state index in [-0.39, 0.29) is 11.9 Å². The van der Waals surface area contributed by atoms with Crippen LogP contribution in [0.15, 0.2) is 36.5 Å². The van der Waals surface area contributed by atoms with Crippen LogP contribution >= 0.6 is 22.6 Å². The summed E-state index contributed by atoms with van der Waals surface area (Å²) in [6, 6.07) is 8.89. The van der Waals surface area contributed by atoms with Crippen LogP contribution in [0.25, 0.3) is 0 Å². The number of methoxy groups -OCH3 is 2. The summed E-state index contributed by atoms with van der Waals surface area (Å²) in [5.74, 6) is 0.947. The van der Waals surface area contributed by atoms with Gasteiger partial charge in [0.15, 0.2) is 11.5 Å². The molecule has 0 aliphatic carbocycles. The molecule has 0 saturated heterocycles. The molecule has 0 saturated carbocycles. The van der Waals surface area contributed by atoms with Crippen LogP contribution < -0.4 is 14.8 Å². The van der Waals surface area contributed by atoms with Gasteiger partial charge in [-0.1, -0.05) is 6.07 Å². The molecule has 0 radical (unpaired) electrons. The van der Waals surface area contributed by atoms with Gasteiger partial charge in [0.1, 0.15) is 0 Å². The zero-order valence-electron chi connectivity index (χ0n) is 12.6. The molecular formula is C16H17IN2O3. The van der Waals surface area contributed by atoms with Gasteiger partial charge in [-0.3, -0.25) is 9.78 Å². The number of hydrogen-bond donors (Lipinski definition) is 1. The highest BCUT2D eigenvalue weighted by atomic mass is 127. The van der Waals surface area contributed by atoms with Crippen molar-refractivity contribution >= 4 is 28.5 Å². The standard InChI is InChI=1S/C16H17IN2O3/c1-10(13-6-4-5-7-18-13)19-16(20)11-8-14(21-2)15(22-3)9-12(11)17/h4-10H,1-3H3,(H,19,20). The molecule has 0 fully saturated rings. The van der Waals surface area contributed by atoms with E-state index in [1.165, 1.54) is 0 Å². The Labute approximate surface area is 143 Å². The number of aromatic nitrogens is 1. The second kappa shape index (κ2) is 7.44. The summed E-state index contributed by atoms with van der Waals surface area (Å²) in [4.78, 5) is 16.7. The first-order valence-electron chi connectivity index (χ1n) is 6.70. The minimum atomic E-state index is -0.183. The number of amides is 1. The number of nitrogens with zero attached hydrogens (tertiary/aromatic N) is 1. The van der Waals surface area contributed by atoms with E-state index in [2.05, 4.69) is 32.9 Å². The van der Waals surface area contributed by atoms with Crippen LogP contribution in [-0.2, 0) is 0 Å². The minimum Gasteiger partial charge on any atom is -0.493 e. The first kappa shape index (κ1) is 16.5. The molecule has 0 spiro atoms. The van der Waals surface area contributed by atoms with Gasteiger partial charge in [0.25, 0.3) is 5.91 Å². The van der Waals surface area contributed by atoms with Crippen LogP contribution in [0.5, 0.6) is 11.5 Å². The monoisotopic (exact) mass is 412 g/mol. The Bertz CT molecular complexity index is 662. The third-order valence-corrected chi connectivity index (χ3v) is 4.09. The third-order valence-electron chi connectivity index (χ3n) is 3.20. The van der Waals surface area contributed by atoms with Crippen molar-refractivity contribution in [3.8, 4) is 11.5 Å². The quantitative estimate of drug-likeness (QED) is 0.767. The van der Waals surface area contributed by atoms with Gasteiger partial charge in [-0.15, -0.1) is 0 Å². The van der Waals surface area contributed by atoms with Crippen molar-refractivity contribution < 1.29 is 14.3 Å². The number of carbonyl (C=O) groups is 1. The van der Waals surface area contributed by atoms with Crippen molar-refractivity contribution in [2.75, 3.05) is 14.2 Å². The Morgan fingerprint density at radius 2 is 1.91 bits per heavy atom. The predicted molar refractivity (Wildman–Crippen MR) is 92.4 cm³/mol. The van der Waals surface area contributed by atoms with Gasteiger partial charge in [-0.05, 0) is 53.8 Å². The van der Waals surface area contributed by atoms with Crippen molar-refractivity contribution in [3.63, 3.8) is 0 Å². The maximum atomic E-state index is 12.5. The maximum Gasteiger partial charge on any atom is 0.253 e. The number of hydrogen-bond acceptors (Lipinski definition) is 4. The van der Waals surface area contributed by atoms with E-state index in [4.69, 9.17) is 9.47 Å². The molecule has 0 aliphatic rings. The summed E-state index contributed by atoms with van der Waals surface area (Å²) in [7, 11) is 3.11. The molecule has 22 heavy (non-hydrogen) atoms. The average molecular weight is 412 g/mol. The highest BCUT2D eigenvalue weighted by Gasteiger charge is 2.18. The summed E-state index contributed by atoms with van der Waals surface area (Å²) >= 11 is 2.11. The Morgan fingerprint density at radius 3 is 2.50 bits per heavy atom. The van der Waals surface area contributed by atoms with Gasteiger partial charge in [0.05, 0.1) is 31.5 Å². The SMILES string of the molecule is COc1cc(I)c(C(=O)NC(C)c2ccccn2)cc1OC. The molecule has 2 aromatic rings. The molecule has 0 aliphatic heterocycles. The van der Waals surface area contributed by atoms with E-state index in [0.717, 1.165) is 9.26 Å². The van der Waals surface area contributed by atoms with Crippen LogP contribution in [0.2, 0.25) is 0 Å². The Hall–Kier alpha value is -1.83. The number of benzene rings is 1. The van der Waals surface area contributed by atoms with Gasteiger partial charge in [0.2, 0.25) is 0 Å². The van der Waals surface area contributed by atoms with E-state index in [9.17, 15) is 4.79 Å². The molecule has 5 nitrogen and oxygen atoms in total. The molecule has 1 heterocycles. The van der Waals surface area contributed by atoms with E-state index >= 15 is 0 Å². The summed E-state index contributed by atoms with van der Waals surface area (Å²) < 4.78 is 11.3. The molecule has 116 valence electrons. The molecule has 2 rings (SSSR count). The van der Waals surface area contributed by atoms with Crippen LogP contribution in [-0.4, -0.2) is 25.1 Å². The second-order valence-corrected chi connectivity index (χ2v) is 5.80. The Morgan fingerprint density at radius 1 is 1.23 bits per heavy atom. The first-order valence-corrected chi connectivity index (χ1v) is 7.78. The molecular weight excluding hydrogens is 395 g/mol. The van der Waals surface area contributed by atoms with Crippen molar-refractivity contribution in [3.05, 3.63) is 51.4 Å². The molecule has 1 amide bonds. The first-order chi connectivity index (χ1) is 10.6. The van der Waals surface area contributed by atoms with E-state index in [1.807, 2.05) is 25.1 Å². The van der Waals surface area contributed by atoms with E-state index in [0.29, 0.717) is 17.1 Å². The zero-order valence-corrected chi connectivity index (χ0v) is 14.7. The van der Waals surface area contributed by atoms with Crippen LogP contribution in [0.4, 0.5) is 0 Å². The molecule has 6 heteroatoms. The molecule has 1 unspecified atom stereocenters. The van der Waals surface area contributed by atoms with E-state index < -0.39 is 0 Å². The molecule has 1 atom stereocenters. The topological polar surface area (TPSA) is 60.5 Å². The third kappa shape index (κ3) is 3.68. The smallest absolute Gasteiger partial charge is 0.253 e. The average Bonchev–Trinajstić information content (AvgIpc) is 2.55. The van der Waals surface area contributed by atoms with Crippen molar-refractivity contribution in [1.29, 1.82) is 0 Å². The predicted octanol–water partition coefficient (Wildman–Crippen LogP) is 3.19. The highest BCUT2D eigenvalue weighted by Crippen LogP contribution is 2.31. The molecule has 1 N–H and O–H groups in total. The largest absolute Gasteiger partial charge is 0.493 e. The molecule has 1 aromatic heterocycles. The normalized spacial score (nSPS) is 11.6. The van der Waals surface area contributed by atoms with E-state index in [1.54, 1.807) is 32.5 Å². The number of rotatable bonds is 5. The van der Waals surface area contributed by atoms with Crippen LogP contribution in [0.1, 0.15) is 29.0 Å². The van der Waals surface area contributed by atoms with Crippen LogP contribution in [0.3, 0.4) is 0 Å². The number of nitrogens with one attached hydrogen (secondary N) is 1. The fourth-order valence-corrected chi connectivity index (χ4v) is 2.69. The number of ether oxygens (including phenoxy) is 2. The zero-order chi connectivity index (χ0) is 16.1. The van der Waals surface area contributed by atoms with Gasteiger partial charge in [-0.2, -0.15) is 0 Å². The summed E-state index contributed by atoms with van der Waals surface area (Å²) in [5.41, 5.74) is 1.35. The summed E-state index contributed by atoms with van der Waals surface area (Å²) in [5, 5.41) is 2.94. The van der Waals surface area contributed by atoms with Gasteiger partial charge < -0.3 is 14.8 Å². The Balaban J connectivity index is 2.22. The molecule has 1 aromatic carbocycles. The number of pyridine rings is 1. The van der Waals surface area contributed by atoms with Gasteiger partial charge >= 0.3 is 0 Å². The second-order valence-electron chi connectivity index (χ2n) is 4.64. The van der Waals surface area contributed by atoms with Crippen molar-refractivity contribution in [2.45, 2.75) is 13.0 Å². The number of carbonyl (C=O) groups excluding carboxylic acids is 1.